The van der Waals surface area contributed by atoms with Gasteiger partial charge in [-0.15, -0.1) is 0 Å². The van der Waals surface area contributed by atoms with Crippen LogP contribution in [-0.2, 0) is 6.42 Å². The molecule has 1 saturated heterocycles. The van der Waals surface area contributed by atoms with Crippen LogP contribution in [0.25, 0.3) is 0 Å². The molecule has 1 N–H and O–H groups in total. The van der Waals surface area contributed by atoms with E-state index in [1.165, 1.54) is 44.9 Å². The van der Waals surface area contributed by atoms with Crippen LogP contribution in [-0.4, -0.2) is 23.2 Å². The van der Waals surface area contributed by atoms with E-state index in [4.69, 9.17) is 4.52 Å². The molecule has 0 bridgehead atoms. The van der Waals surface area contributed by atoms with Gasteiger partial charge in [-0.25, -0.2) is 0 Å². The highest BCUT2D eigenvalue weighted by Gasteiger charge is 2.22. The third kappa shape index (κ3) is 2.91. The van der Waals surface area contributed by atoms with Gasteiger partial charge in [0.25, 0.3) is 0 Å². The summed E-state index contributed by atoms with van der Waals surface area (Å²) in [5, 5.41) is 7.60. The lowest BCUT2D eigenvalue weighted by Gasteiger charge is -2.07. The zero-order valence-electron chi connectivity index (χ0n) is 11.0. The number of hydrogen-bond donors (Lipinski definition) is 1. The van der Waals surface area contributed by atoms with Crippen molar-refractivity contribution in [3.63, 3.8) is 0 Å². The molecule has 100 valence electrons. The molecular formula is C14H23N3O. The molecule has 18 heavy (non-hydrogen) atoms. The summed E-state index contributed by atoms with van der Waals surface area (Å²) in [6.07, 6.45) is 10.0. The first-order valence-electron chi connectivity index (χ1n) is 7.45. The fraction of sp³-hybridized carbons (Fsp3) is 0.857. The number of aromatic nitrogens is 2. The topological polar surface area (TPSA) is 51.0 Å². The molecular weight excluding hydrogens is 226 g/mol. The first-order chi connectivity index (χ1) is 8.92. The van der Waals surface area contributed by atoms with E-state index in [1.807, 2.05) is 0 Å². The standard InChI is InChI=1S/C14H23N3O/c1-2-4-6-12(5-3-1)14-16-13(18-17-14)9-11-7-8-15-10-11/h11-12,15H,1-10H2. The van der Waals surface area contributed by atoms with Gasteiger partial charge in [0.1, 0.15) is 0 Å². The van der Waals surface area contributed by atoms with Crippen molar-refractivity contribution < 1.29 is 4.52 Å². The Labute approximate surface area is 109 Å². The molecule has 2 fully saturated rings. The van der Waals surface area contributed by atoms with E-state index in [0.29, 0.717) is 11.8 Å². The van der Waals surface area contributed by atoms with Gasteiger partial charge in [0, 0.05) is 12.3 Å². The summed E-state index contributed by atoms with van der Waals surface area (Å²) in [5.74, 6) is 3.06. The fourth-order valence-corrected chi connectivity index (χ4v) is 3.19. The second-order valence-electron chi connectivity index (χ2n) is 5.80. The van der Waals surface area contributed by atoms with Crippen molar-refractivity contribution in [2.24, 2.45) is 5.92 Å². The Bertz CT molecular complexity index is 363. The Morgan fingerprint density at radius 2 is 1.94 bits per heavy atom. The highest BCUT2D eigenvalue weighted by atomic mass is 16.5. The first-order valence-corrected chi connectivity index (χ1v) is 7.45. The Balaban J connectivity index is 1.60. The minimum Gasteiger partial charge on any atom is -0.339 e. The van der Waals surface area contributed by atoms with Crippen molar-refractivity contribution in [3.8, 4) is 0 Å². The summed E-state index contributed by atoms with van der Waals surface area (Å²) < 4.78 is 5.43. The largest absolute Gasteiger partial charge is 0.339 e. The molecule has 4 heteroatoms. The molecule has 1 atom stereocenters. The minimum absolute atomic E-state index is 0.548. The van der Waals surface area contributed by atoms with Crippen molar-refractivity contribution in [1.29, 1.82) is 0 Å². The Morgan fingerprint density at radius 3 is 2.67 bits per heavy atom. The number of hydrogen-bond acceptors (Lipinski definition) is 4. The molecule has 1 aromatic rings. The van der Waals surface area contributed by atoms with E-state index < -0.39 is 0 Å². The Kier molecular flexibility index (Phi) is 3.93. The average Bonchev–Trinajstić information content (AvgIpc) is 2.97. The van der Waals surface area contributed by atoms with Gasteiger partial charge >= 0.3 is 0 Å². The van der Waals surface area contributed by atoms with Gasteiger partial charge in [-0.2, -0.15) is 4.98 Å². The fourth-order valence-electron chi connectivity index (χ4n) is 3.19. The monoisotopic (exact) mass is 249 g/mol. The quantitative estimate of drug-likeness (QED) is 0.837. The van der Waals surface area contributed by atoms with Gasteiger partial charge in [-0.3, -0.25) is 0 Å². The molecule has 0 spiro atoms. The van der Waals surface area contributed by atoms with E-state index in [0.717, 1.165) is 31.2 Å². The van der Waals surface area contributed by atoms with Gasteiger partial charge in [-0.1, -0.05) is 30.8 Å². The summed E-state index contributed by atoms with van der Waals surface area (Å²) in [6.45, 7) is 2.23. The lowest BCUT2D eigenvalue weighted by atomic mass is 10.00. The average molecular weight is 249 g/mol. The Hall–Kier alpha value is -0.900. The van der Waals surface area contributed by atoms with Crippen LogP contribution in [0.2, 0.25) is 0 Å². The van der Waals surface area contributed by atoms with E-state index in [9.17, 15) is 0 Å². The predicted octanol–water partition coefficient (Wildman–Crippen LogP) is 2.66. The number of nitrogens with one attached hydrogen (secondary N) is 1. The van der Waals surface area contributed by atoms with E-state index in [1.54, 1.807) is 0 Å². The highest BCUT2D eigenvalue weighted by Crippen LogP contribution is 2.30. The smallest absolute Gasteiger partial charge is 0.226 e. The summed E-state index contributed by atoms with van der Waals surface area (Å²) in [6, 6.07) is 0. The normalized spacial score (nSPS) is 26.3. The van der Waals surface area contributed by atoms with Crippen LogP contribution in [0, 0.1) is 5.92 Å². The maximum atomic E-state index is 5.43. The van der Waals surface area contributed by atoms with Crippen molar-refractivity contribution in [1.82, 2.24) is 15.5 Å². The van der Waals surface area contributed by atoms with Crippen LogP contribution in [0.1, 0.15) is 62.6 Å². The molecule has 0 amide bonds. The maximum absolute atomic E-state index is 5.43. The Morgan fingerprint density at radius 1 is 1.11 bits per heavy atom. The zero-order chi connectivity index (χ0) is 12.2. The van der Waals surface area contributed by atoms with Crippen LogP contribution in [0.4, 0.5) is 0 Å². The van der Waals surface area contributed by atoms with E-state index in [-0.39, 0.29) is 0 Å². The van der Waals surface area contributed by atoms with Crippen molar-refractivity contribution in [3.05, 3.63) is 11.7 Å². The minimum atomic E-state index is 0.548. The molecule has 4 nitrogen and oxygen atoms in total. The van der Waals surface area contributed by atoms with Gasteiger partial charge in [-0.05, 0) is 38.3 Å². The summed E-state index contributed by atoms with van der Waals surface area (Å²) >= 11 is 0. The second-order valence-corrected chi connectivity index (χ2v) is 5.80. The summed E-state index contributed by atoms with van der Waals surface area (Å²) in [5.41, 5.74) is 0. The van der Waals surface area contributed by atoms with Crippen LogP contribution in [0.3, 0.4) is 0 Å². The molecule has 0 radical (unpaired) electrons. The van der Waals surface area contributed by atoms with Crippen LogP contribution < -0.4 is 5.32 Å². The van der Waals surface area contributed by atoms with Gasteiger partial charge in [0.15, 0.2) is 5.82 Å². The molecule has 0 aromatic carbocycles. The van der Waals surface area contributed by atoms with Gasteiger partial charge in [0.2, 0.25) is 5.89 Å². The van der Waals surface area contributed by atoms with Crippen LogP contribution in [0.5, 0.6) is 0 Å². The van der Waals surface area contributed by atoms with Crippen molar-refractivity contribution in [2.75, 3.05) is 13.1 Å². The molecule has 3 rings (SSSR count). The maximum Gasteiger partial charge on any atom is 0.226 e. The lowest BCUT2D eigenvalue weighted by molar-refractivity contribution is 0.349. The third-order valence-corrected chi connectivity index (χ3v) is 4.33. The first kappa shape index (κ1) is 12.2. The number of nitrogens with zero attached hydrogens (tertiary/aromatic N) is 2. The molecule has 1 aliphatic carbocycles. The van der Waals surface area contributed by atoms with Crippen molar-refractivity contribution >= 4 is 0 Å². The molecule has 2 heterocycles. The zero-order valence-corrected chi connectivity index (χ0v) is 11.0. The van der Waals surface area contributed by atoms with Crippen LogP contribution >= 0.6 is 0 Å². The van der Waals surface area contributed by atoms with Crippen LogP contribution in [0.15, 0.2) is 4.52 Å². The van der Waals surface area contributed by atoms with Gasteiger partial charge in [0.05, 0.1) is 0 Å². The molecule has 1 aliphatic heterocycles. The van der Waals surface area contributed by atoms with E-state index >= 15 is 0 Å². The predicted molar refractivity (Wildman–Crippen MR) is 69.4 cm³/mol. The SMILES string of the molecule is C1CCCC(c2noc(CC3CCNC3)n2)CC1. The molecule has 1 unspecified atom stereocenters. The van der Waals surface area contributed by atoms with E-state index in [2.05, 4.69) is 15.5 Å². The molecule has 1 saturated carbocycles. The summed E-state index contributed by atoms with van der Waals surface area (Å²) in [4.78, 5) is 4.63. The third-order valence-electron chi connectivity index (χ3n) is 4.33. The lowest BCUT2D eigenvalue weighted by Crippen LogP contribution is -2.11. The van der Waals surface area contributed by atoms with Gasteiger partial charge < -0.3 is 9.84 Å². The summed E-state index contributed by atoms with van der Waals surface area (Å²) in [7, 11) is 0. The second kappa shape index (κ2) is 5.83. The molecule has 2 aliphatic rings. The highest BCUT2D eigenvalue weighted by molar-refractivity contribution is 4.97. The molecule has 1 aromatic heterocycles. The van der Waals surface area contributed by atoms with Crippen molar-refractivity contribution in [2.45, 2.75) is 57.3 Å². The number of rotatable bonds is 3.